The molecule has 8 heteroatoms. The molecule has 2 radical (unpaired) electrons. The molecule has 0 unspecified atom stereocenters. The van der Waals surface area contributed by atoms with E-state index in [9.17, 15) is 9.59 Å². The van der Waals surface area contributed by atoms with Crippen LogP contribution in [0.25, 0.3) is 0 Å². The molecule has 0 spiro atoms. The van der Waals surface area contributed by atoms with Gasteiger partial charge in [0, 0.05) is 18.5 Å². The van der Waals surface area contributed by atoms with Gasteiger partial charge < -0.3 is 23.7 Å². The maximum absolute atomic E-state index is 12.3. The molecule has 0 amide bonds. The number of hydrogen-bond donors (Lipinski definition) is 1. The predicted octanol–water partition coefficient (Wildman–Crippen LogP) is 4.15. The molecule has 4 rings (SSSR count). The first kappa shape index (κ1) is 28.4. The van der Waals surface area contributed by atoms with Gasteiger partial charge in [-0.3, -0.25) is 10.1 Å². The van der Waals surface area contributed by atoms with E-state index in [4.69, 9.17) is 26.8 Å². The molecule has 3 aromatic rings. The van der Waals surface area contributed by atoms with Crippen LogP contribution in [0, 0.1) is 0 Å². The van der Waals surface area contributed by atoms with E-state index in [1.807, 2.05) is 66.7 Å². The topological polar surface area (TPSA) is 83.1 Å². The van der Waals surface area contributed by atoms with Crippen molar-refractivity contribution in [1.82, 2.24) is 5.32 Å². The highest BCUT2D eigenvalue weighted by Crippen LogP contribution is 2.40. The van der Waals surface area contributed by atoms with Crippen molar-refractivity contribution in [3.8, 4) is 11.5 Å². The zero-order valence-electron chi connectivity index (χ0n) is 22.6. The van der Waals surface area contributed by atoms with Crippen LogP contribution in [0.4, 0.5) is 0 Å². The number of Topliss-reactive ketones (excluding diaryl/α,β-unsaturated/α-hetero) is 1. The van der Waals surface area contributed by atoms with Crippen LogP contribution < -0.4 is 14.8 Å². The minimum absolute atomic E-state index is 0.0260. The van der Waals surface area contributed by atoms with Gasteiger partial charge in [0.2, 0.25) is 0 Å². The number of carbonyl (C=O) groups is 2. The van der Waals surface area contributed by atoms with Crippen LogP contribution in [-0.2, 0) is 24.6 Å². The molecule has 3 aromatic carbocycles. The zero-order chi connectivity index (χ0) is 27.8. The van der Waals surface area contributed by atoms with Crippen LogP contribution in [0.15, 0.2) is 78.9 Å². The monoisotopic (exact) mass is 527 g/mol. The van der Waals surface area contributed by atoms with Gasteiger partial charge in [-0.1, -0.05) is 54.6 Å². The van der Waals surface area contributed by atoms with E-state index < -0.39 is 23.6 Å². The normalized spacial score (nSPS) is 18.9. The van der Waals surface area contributed by atoms with Crippen LogP contribution >= 0.6 is 0 Å². The van der Waals surface area contributed by atoms with E-state index in [-0.39, 0.29) is 31.3 Å². The Morgan fingerprint density at radius 3 is 1.92 bits per heavy atom. The number of ether oxygens (including phenoxy) is 4. The number of hydrogen-bond acceptors (Lipinski definition) is 7. The maximum Gasteiger partial charge on any atom is 0.306 e. The maximum atomic E-state index is 12.3. The minimum atomic E-state index is -0.811. The number of esters is 1. The molecule has 39 heavy (non-hydrogen) atoms. The molecule has 1 aliphatic heterocycles. The van der Waals surface area contributed by atoms with Gasteiger partial charge in [0.1, 0.15) is 37.8 Å². The first-order valence-corrected chi connectivity index (χ1v) is 13.0. The van der Waals surface area contributed by atoms with Crippen molar-refractivity contribution < 1.29 is 28.5 Å². The van der Waals surface area contributed by atoms with Gasteiger partial charge in [0.05, 0.1) is 26.2 Å². The Balaban J connectivity index is 1.75. The number of ketones is 1. The van der Waals surface area contributed by atoms with E-state index in [0.29, 0.717) is 6.42 Å². The van der Waals surface area contributed by atoms with Crippen molar-refractivity contribution in [1.29, 1.82) is 0 Å². The van der Waals surface area contributed by atoms with E-state index in [2.05, 4.69) is 17.4 Å². The van der Waals surface area contributed by atoms with E-state index in [1.165, 1.54) is 6.92 Å². The smallest absolute Gasteiger partial charge is 0.306 e. The molecular weight excluding hydrogens is 493 g/mol. The Morgan fingerprint density at radius 1 is 0.872 bits per heavy atom. The van der Waals surface area contributed by atoms with Gasteiger partial charge in [-0.05, 0) is 54.3 Å². The largest absolute Gasteiger partial charge is 0.497 e. The Morgan fingerprint density at radius 2 is 1.41 bits per heavy atom. The standard InChI is InChI=1S/C31H34BNO6/c1-21(34)9-18-30(35)38-20-28-27(19-29(32)39-28)33-31(22-7-5-4-6-8-22,23-10-14-25(36-2)15-11-23)24-12-16-26(37-3)17-13-24/h4-8,10-17,27-29,33H,9,18-20H2,1-3H3/t27-,28+,29+/m0/s1. The second kappa shape index (κ2) is 13.0. The molecule has 7 nitrogen and oxygen atoms in total. The van der Waals surface area contributed by atoms with Gasteiger partial charge in [0.15, 0.2) is 0 Å². The van der Waals surface area contributed by atoms with Gasteiger partial charge >= 0.3 is 5.97 Å². The van der Waals surface area contributed by atoms with Crippen LogP contribution in [0.5, 0.6) is 11.5 Å². The molecule has 1 aliphatic rings. The number of benzene rings is 3. The highest BCUT2D eigenvalue weighted by molar-refractivity contribution is 6.11. The SMILES string of the molecule is [B][C@H]1C[C@H](NC(c2ccccc2)(c2ccc(OC)cc2)c2ccc(OC)cc2)[C@@H](COC(=O)CCC(C)=O)O1. The van der Waals surface area contributed by atoms with E-state index in [0.717, 1.165) is 28.2 Å². The predicted molar refractivity (Wildman–Crippen MR) is 149 cm³/mol. The summed E-state index contributed by atoms with van der Waals surface area (Å²) in [6, 6.07) is 25.2. The van der Waals surface area contributed by atoms with E-state index in [1.54, 1.807) is 14.2 Å². The number of rotatable bonds is 12. The highest BCUT2D eigenvalue weighted by Gasteiger charge is 2.43. The first-order chi connectivity index (χ1) is 18.8. The molecule has 0 bridgehead atoms. The summed E-state index contributed by atoms with van der Waals surface area (Å²) in [5, 5.41) is 3.88. The van der Waals surface area contributed by atoms with Crippen LogP contribution in [0.2, 0.25) is 0 Å². The lowest BCUT2D eigenvalue weighted by Crippen LogP contribution is -2.53. The number of nitrogens with one attached hydrogen (secondary N) is 1. The van der Waals surface area contributed by atoms with Crippen molar-refractivity contribution in [2.45, 2.75) is 49.9 Å². The summed E-state index contributed by atoms with van der Waals surface area (Å²) < 4.78 is 22.4. The molecule has 3 atom stereocenters. The number of carbonyl (C=O) groups excluding carboxylic acids is 2. The average molecular weight is 527 g/mol. The van der Waals surface area contributed by atoms with Crippen LogP contribution in [0.1, 0.15) is 42.9 Å². The molecule has 1 heterocycles. The molecule has 0 saturated carbocycles. The molecule has 1 saturated heterocycles. The van der Waals surface area contributed by atoms with Crippen molar-refractivity contribution in [2.75, 3.05) is 20.8 Å². The number of methoxy groups -OCH3 is 2. The Bertz CT molecular complexity index is 1180. The van der Waals surface area contributed by atoms with Crippen LogP contribution in [-0.4, -0.2) is 58.6 Å². The summed E-state index contributed by atoms with van der Waals surface area (Å²) in [6.07, 6.45) is 0.215. The van der Waals surface area contributed by atoms with E-state index >= 15 is 0 Å². The second-order valence-corrected chi connectivity index (χ2v) is 9.66. The minimum Gasteiger partial charge on any atom is -0.497 e. The fraction of sp³-hybridized carbons (Fsp3) is 0.355. The van der Waals surface area contributed by atoms with Gasteiger partial charge in [-0.25, -0.2) is 0 Å². The fourth-order valence-electron chi connectivity index (χ4n) is 5.01. The second-order valence-electron chi connectivity index (χ2n) is 9.66. The summed E-state index contributed by atoms with van der Waals surface area (Å²) in [5.74, 6) is 0.999. The van der Waals surface area contributed by atoms with Crippen molar-refractivity contribution in [2.24, 2.45) is 0 Å². The Kier molecular flexibility index (Phi) is 9.43. The van der Waals surface area contributed by atoms with Crippen molar-refractivity contribution in [3.05, 3.63) is 95.6 Å². The lowest BCUT2D eigenvalue weighted by atomic mass is 9.75. The summed E-state index contributed by atoms with van der Waals surface area (Å²) in [5.41, 5.74) is 2.17. The lowest BCUT2D eigenvalue weighted by molar-refractivity contribution is -0.148. The fourth-order valence-corrected chi connectivity index (χ4v) is 5.01. The lowest BCUT2D eigenvalue weighted by Gasteiger charge is -2.40. The van der Waals surface area contributed by atoms with Gasteiger partial charge in [0.25, 0.3) is 0 Å². The van der Waals surface area contributed by atoms with Crippen molar-refractivity contribution in [3.63, 3.8) is 0 Å². The molecule has 202 valence electrons. The molecular formula is C31H34BNO6. The third-order valence-corrected chi connectivity index (χ3v) is 7.03. The molecule has 1 N–H and O–H groups in total. The molecule has 0 aliphatic carbocycles. The van der Waals surface area contributed by atoms with Gasteiger partial charge in [-0.15, -0.1) is 0 Å². The highest BCUT2D eigenvalue weighted by atomic mass is 16.6. The summed E-state index contributed by atoms with van der Waals surface area (Å²) in [7, 11) is 9.53. The third-order valence-electron chi connectivity index (χ3n) is 7.03. The molecule has 1 fully saturated rings. The summed E-state index contributed by atoms with van der Waals surface area (Å²) in [4.78, 5) is 23.5. The van der Waals surface area contributed by atoms with Crippen molar-refractivity contribution >= 4 is 19.6 Å². The third kappa shape index (κ3) is 6.70. The Hall–Kier alpha value is -3.62. The average Bonchev–Trinajstić information content (AvgIpc) is 3.32. The Labute approximate surface area is 231 Å². The zero-order valence-corrected chi connectivity index (χ0v) is 22.6. The first-order valence-electron chi connectivity index (χ1n) is 13.0. The van der Waals surface area contributed by atoms with Crippen LogP contribution in [0.3, 0.4) is 0 Å². The summed E-state index contributed by atoms with van der Waals surface area (Å²) in [6.45, 7) is 1.48. The quantitative estimate of drug-likeness (QED) is 0.215. The van der Waals surface area contributed by atoms with Gasteiger partial charge in [-0.2, -0.15) is 0 Å². The molecule has 0 aromatic heterocycles. The summed E-state index contributed by atoms with van der Waals surface area (Å²) >= 11 is 0.